The minimum absolute atomic E-state index is 0.0407. The Morgan fingerprint density at radius 1 is 0.930 bits per heavy atom. The van der Waals surface area contributed by atoms with Crippen LogP contribution < -0.4 is 10.5 Å². The SMILES string of the molecule is C#CCNC(=O)c1ccc(S(N)(=O)=O)cc1.N=CC(=N)CCN1CCC(=C(c2ccc(F)cc2)c2ccc(F)cc2)CC1. The fourth-order valence-electron chi connectivity index (χ4n) is 4.48. The van der Waals surface area contributed by atoms with Crippen LogP contribution in [0.15, 0.2) is 83.3 Å². The number of hydrogen-bond acceptors (Lipinski definition) is 6. The van der Waals surface area contributed by atoms with Gasteiger partial charge in [-0.05, 0) is 78.1 Å². The van der Waals surface area contributed by atoms with Gasteiger partial charge in [0.2, 0.25) is 10.0 Å². The first-order chi connectivity index (χ1) is 20.5. The molecule has 0 aliphatic carbocycles. The quantitative estimate of drug-likeness (QED) is 0.209. The molecule has 11 heteroatoms. The number of hydrogen-bond donors (Lipinski definition) is 4. The molecule has 4 rings (SSSR count). The Bertz CT molecular complexity index is 1560. The fourth-order valence-corrected chi connectivity index (χ4v) is 5.00. The number of nitrogens with zero attached hydrogens (tertiary/aromatic N) is 1. The number of amides is 1. The Hall–Kier alpha value is -4.50. The van der Waals surface area contributed by atoms with Gasteiger partial charge in [0.05, 0.1) is 17.2 Å². The maximum atomic E-state index is 13.4. The number of carbonyl (C=O) groups excluding carboxylic acids is 1. The topological polar surface area (TPSA) is 140 Å². The average Bonchev–Trinajstić information content (AvgIpc) is 3.01. The second-order valence-corrected chi connectivity index (χ2v) is 11.3. The minimum Gasteiger partial charge on any atom is -0.341 e. The lowest BCUT2D eigenvalue weighted by molar-refractivity contribution is 0.0958. The summed E-state index contributed by atoms with van der Waals surface area (Å²) < 4.78 is 48.6. The van der Waals surface area contributed by atoms with Gasteiger partial charge in [0.25, 0.3) is 5.91 Å². The summed E-state index contributed by atoms with van der Waals surface area (Å²) in [5.74, 6) is 1.35. The predicted molar refractivity (Wildman–Crippen MR) is 165 cm³/mol. The predicted octanol–water partition coefficient (Wildman–Crippen LogP) is 4.62. The van der Waals surface area contributed by atoms with Gasteiger partial charge < -0.3 is 21.0 Å². The van der Waals surface area contributed by atoms with Crippen LogP contribution >= 0.6 is 0 Å². The molecule has 0 bridgehead atoms. The summed E-state index contributed by atoms with van der Waals surface area (Å²) in [5.41, 5.74) is 4.89. The van der Waals surface area contributed by atoms with Crippen molar-refractivity contribution in [2.75, 3.05) is 26.2 Å². The van der Waals surface area contributed by atoms with Crippen LogP contribution in [0.2, 0.25) is 0 Å². The zero-order valence-electron chi connectivity index (χ0n) is 23.4. The summed E-state index contributed by atoms with van der Waals surface area (Å²) in [7, 11) is -3.73. The molecule has 8 nitrogen and oxygen atoms in total. The van der Waals surface area contributed by atoms with E-state index < -0.39 is 10.0 Å². The molecule has 5 N–H and O–H groups in total. The summed E-state index contributed by atoms with van der Waals surface area (Å²) >= 11 is 0. The number of piperidine rings is 1. The van der Waals surface area contributed by atoms with Crippen molar-refractivity contribution in [3.8, 4) is 12.3 Å². The monoisotopic (exact) mass is 605 g/mol. The Kier molecular flexibility index (Phi) is 12.0. The molecule has 1 heterocycles. The lowest BCUT2D eigenvalue weighted by Gasteiger charge is -2.30. The number of nitrogens with two attached hydrogens (primary N) is 1. The first-order valence-corrected chi connectivity index (χ1v) is 14.9. The van der Waals surface area contributed by atoms with Gasteiger partial charge in [-0.1, -0.05) is 35.8 Å². The molecule has 1 aliphatic heterocycles. The molecule has 224 valence electrons. The van der Waals surface area contributed by atoms with E-state index in [1.54, 1.807) is 24.3 Å². The highest BCUT2D eigenvalue weighted by Gasteiger charge is 2.19. The third-order valence-corrected chi connectivity index (χ3v) is 7.68. The number of primary sulfonamides is 1. The van der Waals surface area contributed by atoms with Crippen LogP contribution in [0, 0.1) is 34.8 Å². The van der Waals surface area contributed by atoms with Gasteiger partial charge in [-0.15, -0.1) is 6.42 Å². The number of carbonyl (C=O) groups is 1. The first kappa shape index (κ1) is 33.0. The number of benzene rings is 3. The lowest BCUT2D eigenvalue weighted by atomic mass is 9.88. The maximum absolute atomic E-state index is 13.4. The molecule has 3 aromatic carbocycles. The maximum Gasteiger partial charge on any atom is 0.252 e. The molecule has 0 aromatic heterocycles. The number of likely N-dealkylation sites (tertiary alicyclic amines) is 1. The highest BCUT2D eigenvalue weighted by molar-refractivity contribution is 7.89. The van der Waals surface area contributed by atoms with E-state index in [0.717, 1.165) is 55.4 Å². The van der Waals surface area contributed by atoms with Crippen LogP contribution in [-0.2, 0) is 10.0 Å². The molecule has 1 fully saturated rings. The summed E-state index contributed by atoms with van der Waals surface area (Å²) in [6.07, 6.45) is 8.41. The summed E-state index contributed by atoms with van der Waals surface area (Å²) in [4.78, 5) is 13.6. The van der Waals surface area contributed by atoms with Crippen LogP contribution in [0.1, 0.15) is 40.7 Å². The second-order valence-electron chi connectivity index (χ2n) is 9.71. The Morgan fingerprint density at radius 2 is 1.42 bits per heavy atom. The molecular weight excluding hydrogens is 572 g/mol. The number of terminal acetylenes is 1. The first-order valence-electron chi connectivity index (χ1n) is 13.4. The highest BCUT2D eigenvalue weighted by Crippen LogP contribution is 2.32. The van der Waals surface area contributed by atoms with Gasteiger partial charge in [-0.3, -0.25) is 4.79 Å². The molecular formula is C32H33F2N5O3S. The lowest BCUT2D eigenvalue weighted by Crippen LogP contribution is -2.33. The van der Waals surface area contributed by atoms with Crippen molar-refractivity contribution in [3.63, 3.8) is 0 Å². The molecule has 0 saturated carbocycles. The van der Waals surface area contributed by atoms with E-state index in [0.29, 0.717) is 17.7 Å². The molecule has 43 heavy (non-hydrogen) atoms. The van der Waals surface area contributed by atoms with Crippen LogP contribution in [0.3, 0.4) is 0 Å². The van der Waals surface area contributed by atoms with E-state index in [2.05, 4.69) is 16.1 Å². The van der Waals surface area contributed by atoms with Gasteiger partial charge in [0, 0.05) is 37.8 Å². The van der Waals surface area contributed by atoms with Crippen LogP contribution in [-0.4, -0.2) is 57.3 Å². The number of halogens is 2. The molecule has 3 aromatic rings. The van der Waals surface area contributed by atoms with E-state index >= 15 is 0 Å². The van der Waals surface area contributed by atoms with Crippen molar-refractivity contribution in [1.82, 2.24) is 10.2 Å². The third kappa shape index (κ3) is 10.1. The third-order valence-electron chi connectivity index (χ3n) is 6.75. The van der Waals surface area contributed by atoms with E-state index in [9.17, 15) is 22.0 Å². The molecule has 1 amide bonds. The molecule has 0 spiro atoms. The fraction of sp³-hybridized carbons (Fsp3) is 0.219. The zero-order valence-corrected chi connectivity index (χ0v) is 24.3. The van der Waals surface area contributed by atoms with Crippen molar-refractivity contribution >= 4 is 33.4 Å². The van der Waals surface area contributed by atoms with Crippen molar-refractivity contribution in [2.45, 2.75) is 24.2 Å². The van der Waals surface area contributed by atoms with Gasteiger partial charge in [-0.2, -0.15) is 0 Å². The number of rotatable bonds is 9. The van der Waals surface area contributed by atoms with Gasteiger partial charge in [0.15, 0.2) is 0 Å². The summed E-state index contributed by atoms with van der Waals surface area (Å²) in [5, 5.41) is 22.0. The van der Waals surface area contributed by atoms with Crippen LogP contribution in [0.5, 0.6) is 0 Å². The van der Waals surface area contributed by atoms with Gasteiger partial charge in [-0.25, -0.2) is 22.3 Å². The standard InChI is InChI=1S/C22H23F2N3.C10H10N2O3S/c23-19-5-1-16(2-6-19)22(17-3-7-20(24)8-4-17)18-9-12-27(13-10-18)14-11-21(26)15-25;1-2-7-12-10(13)8-3-5-9(6-4-8)16(11,14)15/h1-8,15,25-26H,9-14H2;1,3-6H,7H2,(H,12,13)(H2,11,14,15). The number of nitrogens with one attached hydrogen (secondary N) is 3. The van der Waals surface area contributed by atoms with Crippen LogP contribution in [0.25, 0.3) is 5.57 Å². The second kappa shape index (κ2) is 15.7. The Labute approximate surface area is 250 Å². The molecule has 1 aliphatic rings. The minimum atomic E-state index is -3.73. The summed E-state index contributed by atoms with van der Waals surface area (Å²) in [6.45, 7) is 2.67. The van der Waals surface area contributed by atoms with E-state index in [-0.39, 0.29) is 29.0 Å². The van der Waals surface area contributed by atoms with E-state index in [1.165, 1.54) is 54.1 Å². The van der Waals surface area contributed by atoms with Gasteiger partial charge >= 0.3 is 0 Å². The molecule has 1 saturated heterocycles. The van der Waals surface area contributed by atoms with Crippen molar-refractivity contribution in [2.24, 2.45) is 5.14 Å². The Balaban J connectivity index is 0.000000271. The molecule has 0 atom stereocenters. The molecule has 0 radical (unpaired) electrons. The normalized spacial score (nSPS) is 13.2. The zero-order chi connectivity index (χ0) is 31.4. The Morgan fingerprint density at radius 3 is 1.86 bits per heavy atom. The highest BCUT2D eigenvalue weighted by atomic mass is 32.2. The average molecular weight is 606 g/mol. The van der Waals surface area contributed by atoms with E-state index in [4.69, 9.17) is 22.4 Å². The van der Waals surface area contributed by atoms with Crippen molar-refractivity contribution < 1.29 is 22.0 Å². The van der Waals surface area contributed by atoms with Crippen LogP contribution in [0.4, 0.5) is 8.78 Å². The van der Waals surface area contributed by atoms with E-state index in [1.807, 2.05) is 0 Å². The largest absolute Gasteiger partial charge is 0.341 e. The van der Waals surface area contributed by atoms with Gasteiger partial charge in [0.1, 0.15) is 11.6 Å². The smallest absolute Gasteiger partial charge is 0.252 e. The molecule has 0 unspecified atom stereocenters. The summed E-state index contributed by atoms with van der Waals surface area (Å²) in [6, 6.07) is 18.2. The van der Waals surface area contributed by atoms with Crippen molar-refractivity contribution in [3.05, 3.63) is 107 Å². The van der Waals surface area contributed by atoms with Crippen molar-refractivity contribution in [1.29, 1.82) is 10.8 Å². The number of sulfonamides is 1.